The van der Waals surface area contributed by atoms with Crippen molar-refractivity contribution in [3.8, 4) is 0 Å². The zero-order valence-electron chi connectivity index (χ0n) is 17.7. The molecule has 1 fully saturated rings. The Kier molecular flexibility index (Phi) is 6.93. The van der Waals surface area contributed by atoms with Gasteiger partial charge >= 0.3 is 0 Å². The Morgan fingerprint density at radius 1 is 1.17 bits per heavy atom. The smallest absolute Gasteiger partial charge is 0.243 e. The van der Waals surface area contributed by atoms with Gasteiger partial charge in [0.25, 0.3) is 0 Å². The molecule has 1 heterocycles. The molecule has 30 heavy (non-hydrogen) atoms. The monoisotopic (exact) mass is 432 g/mol. The number of nitrogens with zero attached hydrogens (tertiary/aromatic N) is 1. The third kappa shape index (κ3) is 4.90. The number of aryl methyl sites for hydroxylation is 2. The van der Waals surface area contributed by atoms with E-state index in [9.17, 15) is 17.6 Å². The second-order valence-corrected chi connectivity index (χ2v) is 9.91. The third-order valence-electron chi connectivity index (χ3n) is 5.86. The van der Waals surface area contributed by atoms with Crippen molar-refractivity contribution >= 4 is 15.9 Å². The summed E-state index contributed by atoms with van der Waals surface area (Å²) in [4.78, 5) is 13.0. The predicted octanol–water partition coefficient (Wildman–Crippen LogP) is 4.11. The van der Waals surface area contributed by atoms with Crippen LogP contribution in [0.2, 0.25) is 0 Å². The highest BCUT2D eigenvalue weighted by Gasteiger charge is 2.34. The van der Waals surface area contributed by atoms with Crippen molar-refractivity contribution in [2.45, 2.75) is 51.0 Å². The quantitative estimate of drug-likeness (QED) is 0.747. The lowest BCUT2D eigenvalue weighted by atomic mass is 9.96. The lowest BCUT2D eigenvalue weighted by Gasteiger charge is -2.32. The van der Waals surface area contributed by atoms with E-state index in [1.807, 2.05) is 19.9 Å². The molecule has 2 aromatic carbocycles. The van der Waals surface area contributed by atoms with E-state index in [-0.39, 0.29) is 23.4 Å². The molecule has 162 valence electrons. The van der Waals surface area contributed by atoms with Crippen molar-refractivity contribution in [2.24, 2.45) is 5.92 Å². The van der Waals surface area contributed by atoms with Crippen LogP contribution in [0.15, 0.2) is 47.4 Å². The van der Waals surface area contributed by atoms with Crippen LogP contribution in [0.3, 0.4) is 0 Å². The van der Waals surface area contributed by atoms with E-state index < -0.39 is 21.8 Å². The molecule has 1 aliphatic heterocycles. The molecule has 1 amide bonds. The van der Waals surface area contributed by atoms with E-state index in [0.717, 1.165) is 24.1 Å². The molecule has 2 aromatic rings. The van der Waals surface area contributed by atoms with E-state index in [0.29, 0.717) is 19.4 Å². The minimum atomic E-state index is -3.76. The summed E-state index contributed by atoms with van der Waals surface area (Å²) in [6.07, 6.45) is 2.00. The number of rotatable bonds is 6. The van der Waals surface area contributed by atoms with Crippen molar-refractivity contribution in [2.75, 3.05) is 13.1 Å². The number of piperidine rings is 1. The fourth-order valence-corrected chi connectivity index (χ4v) is 5.35. The van der Waals surface area contributed by atoms with Crippen molar-refractivity contribution in [3.63, 3.8) is 0 Å². The zero-order valence-corrected chi connectivity index (χ0v) is 18.5. The molecule has 0 unspecified atom stereocenters. The summed E-state index contributed by atoms with van der Waals surface area (Å²) in [5.74, 6) is -1.02. The molecular formula is C23H29FN2O3S. The minimum absolute atomic E-state index is 0.0477. The Bertz CT molecular complexity index is 1010. The van der Waals surface area contributed by atoms with Crippen LogP contribution in [0.1, 0.15) is 48.9 Å². The minimum Gasteiger partial charge on any atom is -0.349 e. The summed E-state index contributed by atoms with van der Waals surface area (Å²) >= 11 is 0. The van der Waals surface area contributed by atoms with Gasteiger partial charge in [0.1, 0.15) is 5.82 Å². The predicted molar refractivity (Wildman–Crippen MR) is 115 cm³/mol. The second kappa shape index (κ2) is 9.27. The summed E-state index contributed by atoms with van der Waals surface area (Å²) < 4.78 is 40.3. The van der Waals surface area contributed by atoms with Crippen LogP contribution in [0.25, 0.3) is 0 Å². The highest BCUT2D eigenvalue weighted by Crippen LogP contribution is 2.26. The largest absolute Gasteiger partial charge is 0.349 e. The van der Waals surface area contributed by atoms with Crippen LogP contribution in [0.4, 0.5) is 4.39 Å². The molecule has 1 N–H and O–H groups in total. The average Bonchev–Trinajstić information content (AvgIpc) is 2.74. The number of amides is 1. The first kappa shape index (κ1) is 22.4. The molecule has 1 saturated heterocycles. The molecule has 0 saturated carbocycles. The van der Waals surface area contributed by atoms with Crippen LogP contribution in [-0.2, 0) is 14.8 Å². The molecule has 3 rings (SSSR count). The molecule has 0 bridgehead atoms. The number of hydrogen-bond donors (Lipinski definition) is 1. The highest BCUT2D eigenvalue weighted by atomic mass is 32.2. The lowest BCUT2D eigenvalue weighted by Crippen LogP contribution is -2.46. The van der Waals surface area contributed by atoms with E-state index >= 15 is 0 Å². The maximum atomic E-state index is 13.2. The first-order valence-electron chi connectivity index (χ1n) is 10.4. The first-order chi connectivity index (χ1) is 14.2. The number of sulfonamides is 1. The van der Waals surface area contributed by atoms with Crippen molar-refractivity contribution < 1.29 is 17.6 Å². The van der Waals surface area contributed by atoms with Crippen LogP contribution in [-0.4, -0.2) is 31.7 Å². The van der Waals surface area contributed by atoms with Crippen molar-refractivity contribution in [1.29, 1.82) is 0 Å². The number of carbonyl (C=O) groups is 1. The SMILES string of the molecule is CC[C@@H](NC(=O)[C@H]1CCCN(S(=O)(=O)c2ccc(F)cc2)C1)c1ccc(C)c(C)c1. The van der Waals surface area contributed by atoms with Gasteiger partial charge < -0.3 is 5.32 Å². The van der Waals surface area contributed by atoms with Gasteiger partial charge in [-0.1, -0.05) is 25.1 Å². The summed E-state index contributed by atoms with van der Waals surface area (Å²) in [6, 6.07) is 10.9. The number of hydrogen-bond acceptors (Lipinski definition) is 3. The maximum Gasteiger partial charge on any atom is 0.243 e. The van der Waals surface area contributed by atoms with Gasteiger partial charge in [0, 0.05) is 13.1 Å². The molecule has 0 radical (unpaired) electrons. The van der Waals surface area contributed by atoms with E-state index in [4.69, 9.17) is 0 Å². The lowest BCUT2D eigenvalue weighted by molar-refractivity contribution is -0.126. The van der Waals surface area contributed by atoms with Crippen LogP contribution >= 0.6 is 0 Å². The fourth-order valence-electron chi connectivity index (χ4n) is 3.82. The summed E-state index contributed by atoms with van der Waals surface area (Å²) in [5, 5.41) is 3.11. The molecule has 1 aliphatic rings. The van der Waals surface area contributed by atoms with E-state index in [1.54, 1.807) is 0 Å². The molecule has 7 heteroatoms. The molecule has 0 aromatic heterocycles. The van der Waals surface area contributed by atoms with Gasteiger partial charge in [-0.3, -0.25) is 4.79 Å². The van der Waals surface area contributed by atoms with Gasteiger partial charge in [0.05, 0.1) is 16.9 Å². The number of benzene rings is 2. The van der Waals surface area contributed by atoms with E-state index in [1.165, 1.54) is 27.6 Å². The highest BCUT2D eigenvalue weighted by molar-refractivity contribution is 7.89. The second-order valence-electron chi connectivity index (χ2n) is 7.97. The van der Waals surface area contributed by atoms with Gasteiger partial charge in [-0.25, -0.2) is 12.8 Å². The summed E-state index contributed by atoms with van der Waals surface area (Å²) in [5.41, 5.74) is 3.43. The summed E-state index contributed by atoms with van der Waals surface area (Å²) in [6.45, 7) is 6.61. The molecule has 5 nitrogen and oxygen atoms in total. The van der Waals surface area contributed by atoms with Gasteiger partial charge in [-0.15, -0.1) is 0 Å². The van der Waals surface area contributed by atoms with Gasteiger partial charge in [-0.2, -0.15) is 4.31 Å². The topological polar surface area (TPSA) is 66.5 Å². The Morgan fingerprint density at radius 3 is 2.50 bits per heavy atom. The van der Waals surface area contributed by atoms with Gasteiger partial charge in [0.15, 0.2) is 0 Å². The maximum absolute atomic E-state index is 13.2. The third-order valence-corrected chi connectivity index (χ3v) is 7.74. The van der Waals surface area contributed by atoms with Gasteiger partial charge in [0.2, 0.25) is 15.9 Å². The number of halogens is 1. The average molecular weight is 433 g/mol. The van der Waals surface area contributed by atoms with Crippen molar-refractivity contribution in [1.82, 2.24) is 9.62 Å². The number of nitrogens with one attached hydrogen (secondary N) is 1. The number of carbonyl (C=O) groups excluding carboxylic acids is 1. The zero-order chi connectivity index (χ0) is 21.9. The fraction of sp³-hybridized carbons (Fsp3) is 0.435. The standard InChI is InChI=1S/C23H29FN2O3S/c1-4-22(18-8-7-16(2)17(3)14-18)25-23(27)19-6-5-13-26(15-19)30(28,29)21-11-9-20(24)10-12-21/h7-12,14,19,22H,4-6,13,15H2,1-3H3,(H,25,27)/t19-,22+/m0/s1. The molecule has 0 aliphatic carbocycles. The first-order valence-corrected chi connectivity index (χ1v) is 11.8. The van der Waals surface area contributed by atoms with Crippen LogP contribution in [0, 0.1) is 25.6 Å². The van der Waals surface area contributed by atoms with Crippen molar-refractivity contribution in [3.05, 3.63) is 65.0 Å². The Morgan fingerprint density at radius 2 is 1.87 bits per heavy atom. The van der Waals surface area contributed by atoms with E-state index in [2.05, 4.69) is 24.4 Å². The van der Waals surface area contributed by atoms with Gasteiger partial charge in [-0.05, 0) is 74.1 Å². The Labute approximate surface area is 178 Å². The Balaban J connectivity index is 1.71. The Hall–Kier alpha value is -2.25. The summed E-state index contributed by atoms with van der Waals surface area (Å²) in [7, 11) is -3.76. The van der Waals surface area contributed by atoms with Crippen LogP contribution in [0.5, 0.6) is 0 Å². The molecule has 2 atom stereocenters. The molecular weight excluding hydrogens is 403 g/mol. The molecule has 0 spiro atoms. The van der Waals surface area contributed by atoms with Crippen LogP contribution < -0.4 is 5.32 Å². The normalized spacial score (nSPS) is 18.7.